The van der Waals surface area contributed by atoms with Crippen LogP contribution in [-0.2, 0) is 0 Å². The van der Waals surface area contributed by atoms with Crippen molar-refractivity contribution in [2.45, 2.75) is 44.9 Å². The van der Waals surface area contributed by atoms with Gasteiger partial charge in [0.05, 0.1) is 6.10 Å². The first-order valence-corrected chi connectivity index (χ1v) is 5.22. The fourth-order valence-electron chi connectivity index (χ4n) is 1.80. The molecule has 1 fully saturated rings. The zero-order chi connectivity index (χ0) is 11.6. The lowest BCUT2D eigenvalue weighted by Crippen LogP contribution is -2.50. The molecule has 1 aliphatic rings. The molecule has 1 saturated heterocycles. The summed E-state index contributed by atoms with van der Waals surface area (Å²) in [5.74, 6) is 0. The number of nitrogens with zero attached hydrogens (tertiary/aromatic N) is 1. The molecule has 0 aliphatic carbocycles. The Kier molecular flexibility index (Phi) is 3.57. The topological polar surface area (TPSA) is 72.8 Å². The maximum Gasteiger partial charge on any atom is 0.407 e. The first-order valence-electron chi connectivity index (χ1n) is 5.22. The molecule has 5 heteroatoms. The van der Waals surface area contributed by atoms with Crippen LogP contribution in [0.5, 0.6) is 0 Å². The third-order valence-corrected chi connectivity index (χ3v) is 2.64. The van der Waals surface area contributed by atoms with Gasteiger partial charge in [0, 0.05) is 24.7 Å². The van der Waals surface area contributed by atoms with E-state index in [4.69, 9.17) is 5.11 Å². The summed E-state index contributed by atoms with van der Waals surface area (Å²) in [6.45, 7) is 6.59. The van der Waals surface area contributed by atoms with Gasteiger partial charge in [0.2, 0.25) is 0 Å². The van der Waals surface area contributed by atoms with Crippen molar-refractivity contribution in [3.05, 3.63) is 0 Å². The maximum atomic E-state index is 11.1. The summed E-state index contributed by atoms with van der Waals surface area (Å²) in [5.41, 5.74) is -0.402. The lowest BCUT2D eigenvalue weighted by molar-refractivity contribution is 0.0929. The predicted octanol–water partition coefficient (Wildman–Crippen LogP) is 0.488. The highest BCUT2D eigenvalue weighted by Gasteiger charge is 2.31. The Morgan fingerprint density at radius 1 is 1.53 bits per heavy atom. The number of carboxylic acid groups (broad SMARTS) is 1. The number of aliphatic hydroxyl groups is 1. The summed E-state index contributed by atoms with van der Waals surface area (Å²) in [6, 6.07) is 0.0651. The SMILES string of the molecule is CC(C)(C)N(C[C@H]1C[C@H](O)CN1)C(=O)O. The van der Waals surface area contributed by atoms with Crippen LogP contribution in [0.25, 0.3) is 0 Å². The normalized spacial score (nSPS) is 26.7. The molecule has 0 bridgehead atoms. The van der Waals surface area contributed by atoms with Crippen LogP contribution < -0.4 is 5.32 Å². The Morgan fingerprint density at radius 2 is 2.13 bits per heavy atom. The van der Waals surface area contributed by atoms with E-state index in [1.54, 1.807) is 0 Å². The molecule has 0 aromatic carbocycles. The molecule has 0 unspecified atom stereocenters. The molecule has 2 atom stereocenters. The van der Waals surface area contributed by atoms with Crippen LogP contribution in [-0.4, -0.2) is 52.0 Å². The minimum atomic E-state index is -0.911. The highest BCUT2D eigenvalue weighted by molar-refractivity contribution is 5.66. The number of aliphatic hydroxyl groups excluding tert-OH is 1. The molecule has 15 heavy (non-hydrogen) atoms. The quantitative estimate of drug-likeness (QED) is 0.628. The van der Waals surface area contributed by atoms with E-state index < -0.39 is 11.6 Å². The van der Waals surface area contributed by atoms with E-state index in [2.05, 4.69) is 5.32 Å². The van der Waals surface area contributed by atoms with Gasteiger partial charge >= 0.3 is 6.09 Å². The summed E-state index contributed by atoms with van der Waals surface area (Å²) in [7, 11) is 0. The van der Waals surface area contributed by atoms with Gasteiger partial charge in [-0.2, -0.15) is 0 Å². The molecule has 88 valence electrons. The molecule has 0 aromatic heterocycles. The Hall–Kier alpha value is -0.810. The van der Waals surface area contributed by atoms with Crippen molar-refractivity contribution in [3.8, 4) is 0 Å². The summed E-state index contributed by atoms with van der Waals surface area (Å²) in [4.78, 5) is 12.5. The van der Waals surface area contributed by atoms with Crippen molar-refractivity contribution >= 4 is 6.09 Å². The average molecular weight is 216 g/mol. The summed E-state index contributed by atoms with van der Waals surface area (Å²) in [6.07, 6.45) is -0.629. The molecule has 1 aliphatic heterocycles. The monoisotopic (exact) mass is 216 g/mol. The molecule has 1 rings (SSSR count). The summed E-state index contributed by atoms with van der Waals surface area (Å²) in [5, 5.41) is 21.5. The van der Waals surface area contributed by atoms with Gasteiger partial charge in [0.25, 0.3) is 0 Å². The minimum absolute atomic E-state index is 0.0651. The second kappa shape index (κ2) is 4.37. The van der Waals surface area contributed by atoms with E-state index in [1.807, 2.05) is 20.8 Å². The summed E-state index contributed by atoms with van der Waals surface area (Å²) >= 11 is 0. The summed E-state index contributed by atoms with van der Waals surface area (Å²) < 4.78 is 0. The number of rotatable bonds is 2. The number of hydrogen-bond donors (Lipinski definition) is 3. The van der Waals surface area contributed by atoms with E-state index in [1.165, 1.54) is 4.90 Å². The van der Waals surface area contributed by atoms with Crippen LogP contribution in [0.15, 0.2) is 0 Å². The van der Waals surface area contributed by atoms with Gasteiger partial charge in [-0.25, -0.2) is 4.79 Å². The number of β-amino-alcohol motifs (C(OH)–C–C–N with tert-alkyl or cyclic N) is 1. The molecule has 1 heterocycles. The minimum Gasteiger partial charge on any atom is -0.465 e. The molecule has 1 amide bonds. The van der Waals surface area contributed by atoms with Gasteiger partial charge in [-0.1, -0.05) is 0 Å². The fourth-order valence-corrected chi connectivity index (χ4v) is 1.80. The standard InChI is InChI=1S/C10H20N2O3/c1-10(2,3)12(9(14)15)6-7-4-8(13)5-11-7/h7-8,11,13H,4-6H2,1-3H3,(H,14,15)/t7-,8+/m1/s1. The second-order valence-corrected chi connectivity index (χ2v) is 5.06. The zero-order valence-corrected chi connectivity index (χ0v) is 9.53. The second-order valence-electron chi connectivity index (χ2n) is 5.06. The van der Waals surface area contributed by atoms with Crippen molar-refractivity contribution in [2.75, 3.05) is 13.1 Å². The van der Waals surface area contributed by atoms with E-state index in [-0.39, 0.29) is 12.1 Å². The van der Waals surface area contributed by atoms with Crippen LogP contribution in [0.1, 0.15) is 27.2 Å². The highest BCUT2D eigenvalue weighted by atomic mass is 16.4. The van der Waals surface area contributed by atoms with Crippen LogP contribution in [0.3, 0.4) is 0 Å². The molecule has 0 radical (unpaired) electrons. The van der Waals surface area contributed by atoms with E-state index in [9.17, 15) is 9.90 Å². The number of amides is 1. The van der Waals surface area contributed by atoms with Crippen molar-refractivity contribution in [3.63, 3.8) is 0 Å². The first kappa shape index (κ1) is 12.3. The van der Waals surface area contributed by atoms with Gasteiger partial charge in [-0.15, -0.1) is 0 Å². The van der Waals surface area contributed by atoms with Crippen LogP contribution in [0, 0.1) is 0 Å². The largest absolute Gasteiger partial charge is 0.465 e. The van der Waals surface area contributed by atoms with E-state index >= 15 is 0 Å². The smallest absolute Gasteiger partial charge is 0.407 e. The molecule has 0 spiro atoms. The van der Waals surface area contributed by atoms with Gasteiger partial charge in [-0.05, 0) is 27.2 Å². The molecule has 0 saturated carbocycles. The highest BCUT2D eigenvalue weighted by Crippen LogP contribution is 2.16. The van der Waals surface area contributed by atoms with Gasteiger partial charge in [-0.3, -0.25) is 0 Å². The van der Waals surface area contributed by atoms with Crippen LogP contribution in [0.2, 0.25) is 0 Å². The van der Waals surface area contributed by atoms with Gasteiger partial charge in [0.15, 0.2) is 0 Å². The average Bonchev–Trinajstić information content (AvgIpc) is 2.44. The van der Waals surface area contributed by atoms with E-state index in [0.717, 1.165) is 0 Å². The third-order valence-electron chi connectivity index (χ3n) is 2.64. The molecular formula is C10H20N2O3. The Balaban J connectivity index is 2.56. The van der Waals surface area contributed by atoms with Crippen molar-refractivity contribution < 1.29 is 15.0 Å². The number of nitrogens with one attached hydrogen (secondary N) is 1. The molecule has 5 nitrogen and oxygen atoms in total. The molecule has 0 aromatic rings. The Morgan fingerprint density at radius 3 is 2.47 bits per heavy atom. The maximum absolute atomic E-state index is 11.1. The first-order chi connectivity index (χ1) is 6.80. The fraction of sp³-hybridized carbons (Fsp3) is 0.900. The van der Waals surface area contributed by atoms with Gasteiger partial charge < -0.3 is 20.4 Å². The number of hydrogen-bond acceptors (Lipinski definition) is 3. The van der Waals surface area contributed by atoms with Crippen molar-refractivity contribution in [2.24, 2.45) is 0 Å². The lowest BCUT2D eigenvalue weighted by atomic mass is 10.0. The van der Waals surface area contributed by atoms with Crippen LogP contribution >= 0.6 is 0 Å². The molecular weight excluding hydrogens is 196 g/mol. The van der Waals surface area contributed by atoms with Gasteiger partial charge in [0.1, 0.15) is 0 Å². The lowest BCUT2D eigenvalue weighted by Gasteiger charge is -2.35. The zero-order valence-electron chi connectivity index (χ0n) is 9.53. The number of carbonyl (C=O) groups is 1. The van der Waals surface area contributed by atoms with E-state index in [0.29, 0.717) is 19.5 Å². The third kappa shape index (κ3) is 3.35. The van der Waals surface area contributed by atoms with Crippen molar-refractivity contribution in [1.29, 1.82) is 0 Å². The van der Waals surface area contributed by atoms with Crippen LogP contribution in [0.4, 0.5) is 4.79 Å². The molecule has 3 N–H and O–H groups in total. The Labute approximate surface area is 90.1 Å². The Bertz CT molecular complexity index is 237. The predicted molar refractivity (Wildman–Crippen MR) is 56.9 cm³/mol. The van der Waals surface area contributed by atoms with Crippen molar-refractivity contribution in [1.82, 2.24) is 10.2 Å².